The molecule has 1 fully saturated rings. The van der Waals surface area contributed by atoms with Gasteiger partial charge in [-0.1, -0.05) is 30.3 Å². The minimum atomic E-state index is 0.0351. The van der Waals surface area contributed by atoms with Crippen LogP contribution in [0.3, 0.4) is 0 Å². The third-order valence-electron chi connectivity index (χ3n) is 3.60. The van der Waals surface area contributed by atoms with E-state index in [4.69, 9.17) is 4.74 Å². The van der Waals surface area contributed by atoms with Gasteiger partial charge in [0.2, 0.25) is 0 Å². The predicted molar refractivity (Wildman–Crippen MR) is 79.2 cm³/mol. The van der Waals surface area contributed by atoms with Crippen LogP contribution in [0, 0.1) is 0 Å². The van der Waals surface area contributed by atoms with Crippen LogP contribution in [0.2, 0.25) is 0 Å². The normalized spacial score (nSPS) is 22.3. The maximum absolute atomic E-state index is 5.73. The Balaban J connectivity index is 1.57. The number of rotatable bonds is 6. The molecule has 0 spiro atoms. The number of hydrogen-bond acceptors (Lipinski definition) is 3. The van der Waals surface area contributed by atoms with Gasteiger partial charge in [0.1, 0.15) is 0 Å². The van der Waals surface area contributed by atoms with Gasteiger partial charge in [-0.05, 0) is 32.3 Å². The third-order valence-corrected chi connectivity index (χ3v) is 3.60. The van der Waals surface area contributed by atoms with Crippen LogP contribution in [0.1, 0.15) is 32.3 Å². The molecule has 1 aliphatic rings. The quantitative estimate of drug-likeness (QED) is 0.772. The van der Waals surface area contributed by atoms with Crippen molar-refractivity contribution in [2.24, 2.45) is 0 Å². The van der Waals surface area contributed by atoms with E-state index in [-0.39, 0.29) is 5.60 Å². The van der Waals surface area contributed by atoms with Crippen molar-refractivity contribution in [2.75, 3.05) is 19.7 Å². The van der Waals surface area contributed by atoms with Crippen LogP contribution < -0.4 is 10.6 Å². The van der Waals surface area contributed by atoms with Crippen LogP contribution in [0.25, 0.3) is 0 Å². The molecule has 2 N–H and O–H groups in total. The highest BCUT2D eigenvalue weighted by atomic mass is 16.5. The maximum atomic E-state index is 5.73. The second kappa shape index (κ2) is 7.04. The number of nitrogens with one attached hydrogen (secondary N) is 2. The van der Waals surface area contributed by atoms with Crippen molar-refractivity contribution in [1.82, 2.24) is 10.6 Å². The van der Waals surface area contributed by atoms with Crippen LogP contribution >= 0.6 is 0 Å². The molecule has 1 aliphatic heterocycles. The molecule has 0 saturated carbocycles. The van der Waals surface area contributed by atoms with Crippen LogP contribution in [-0.2, 0) is 11.3 Å². The third kappa shape index (κ3) is 5.31. The van der Waals surface area contributed by atoms with Crippen LogP contribution in [0.5, 0.6) is 0 Å². The molecule has 0 aromatic heterocycles. The molecule has 0 unspecified atom stereocenters. The van der Waals surface area contributed by atoms with E-state index in [1.807, 2.05) is 0 Å². The zero-order chi connectivity index (χ0) is 13.6. The van der Waals surface area contributed by atoms with Gasteiger partial charge in [0.15, 0.2) is 0 Å². The summed E-state index contributed by atoms with van der Waals surface area (Å²) in [6.45, 7) is 8.20. The largest absolute Gasteiger partial charge is 0.375 e. The minimum Gasteiger partial charge on any atom is -0.375 e. The highest BCUT2D eigenvalue weighted by Gasteiger charge is 2.28. The fraction of sp³-hybridized carbons (Fsp3) is 0.625. The van der Waals surface area contributed by atoms with E-state index in [2.05, 4.69) is 54.8 Å². The monoisotopic (exact) mass is 262 g/mol. The highest BCUT2D eigenvalue weighted by Crippen LogP contribution is 2.23. The van der Waals surface area contributed by atoms with E-state index in [1.165, 1.54) is 5.56 Å². The van der Waals surface area contributed by atoms with Crippen LogP contribution in [-0.4, -0.2) is 31.3 Å². The van der Waals surface area contributed by atoms with Gasteiger partial charge in [-0.15, -0.1) is 0 Å². The molecule has 0 aliphatic carbocycles. The van der Waals surface area contributed by atoms with Crippen LogP contribution in [0.4, 0.5) is 0 Å². The molecule has 1 saturated heterocycles. The molecule has 3 nitrogen and oxygen atoms in total. The Morgan fingerprint density at radius 1 is 1.21 bits per heavy atom. The van der Waals surface area contributed by atoms with Crippen molar-refractivity contribution in [1.29, 1.82) is 0 Å². The van der Waals surface area contributed by atoms with Crippen molar-refractivity contribution >= 4 is 0 Å². The van der Waals surface area contributed by atoms with Crippen molar-refractivity contribution < 1.29 is 4.74 Å². The summed E-state index contributed by atoms with van der Waals surface area (Å²) >= 11 is 0. The second-order valence-corrected chi connectivity index (χ2v) is 5.91. The predicted octanol–water partition coefficient (Wildman–Crippen LogP) is 2.32. The summed E-state index contributed by atoms with van der Waals surface area (Å²) in [6, 6.07) is 11.1. The van der Waals surface area contributed by atoms with Gasteiger partial charge in [0, 0.05) is 32.3 Å². The molecule has 0 bridgehead atoms. The topological polar surface area (TPSA) is 33.3 Å². The van der Waals surface area contributed by atoms with Crippen molar-refractivity contribution in [2.45, 2.75) is 44.9 Å². The second-order valence-electron chi connectivity index (χ2n) is 5.91. The van der Waals surface area contributed by atoms with E-state index in [0.717, 1.165) is 39.1 Å². The smallest absolute Gasteiger partial charge is 0.0641 e. The molecule has 1 aromatic carbocycles. The zero-order valence-corrected chi connectivity index (χ0v) is 12.1. The van der Waals surface area contributed by atoms with Crippen molar-refractivity contribution in [3.8, 4) is 0 Å². The van der Waals surface area contributed by atoms with Crippen molar-refractivity contribution in [3.63, 3.8) is 0 Å². The number of hydrogen-bond donors (Lipinski definition) is 2. The summed E-state index contributed by atoms with van der Waals surface area (Å²) < 4.78 is 5.73. The fourth-order valence-electron chi connectivity index (χ4n) is 2.60. The Bertz CT molecular complexity index is 364. The first-order valence-electron chi connectivity index (χ1n) is 7.28. The molecule has 2 rings (SSSR count). The summed E-state index contributed by atoms with van der Waals surface area (Å²) in [5.74, 6) is 0. The van der Waals surface area contributed by atoms with E-state index in [0.29, 0.717) is 6.04 Å². The average molecular weight is 262 g/mol. The number of ether oxygens (including phenoxy) is 1. The molecular weight excluding hydrogens is 236 g/mol. The molecular formula is C16H26N2O. The molecule has 1 heterocycles. The summed E-state index contributed by atoms with van der Waals surface area (Å²) in [4.78, 5) is 0. The summed E-state index contributed by atoms with van der Waals surface area (Å²) in [6.07, 6.45) is 2.23. The molecule has 1 aromatic rings. The zero-order valence-electron chi connectivity index (χ0n) is 12.1. The maximum Gasteiger partial charge on any atom is 0.0641 e. The Morgan fingerprint density at radius 3 is 2.74 bits per heavy atom. The lowest BCUT2D eigenvalue weighted by molar-refractivity contribution is -0.0627. The Kier molecular flexibility index (Phi) is 5.37. The Hall–Kier alpha value is -0.900. The fourth-order valence-corrected chi connectivity index (χ4v) is 2.60. The van der Waals surface area contributed by atoms with E-state index < -0.39 is 0 Å². The summed E-state index contributed by atoms with van der Waals surface area (Å²) in [7, 11) is 0. The van der Waals surface area contributed by atoms with Gasteiger partial charge in [-0.25, -0.2) is 0 Å². The molecule has 3 heteroatoms. The van der Waals surface area contributed by atoms with Gasteiger partial charge in [-0.3, -0.25) is 0 Å². The lowest BCUT2D eigenvalue weighted by atomic mass is 9.94. The van der Waals surface area contributed by atoms with E-state index >= 15 is 0 Å². The van der Waals surface area contributed by atoms with Gasteiger partial charge in [-0.2, -0.15) is 0 Å². The lowest BCUT2D eigenvalue weighted by Crippen LogP contribution is -2.45. The van der Waals surface area contributed by atoms with Gasteiger partial charge in [0.05, 0.1) is 5.60 Å². The van der Waals surface area contributed by atoms with E-state index in [9.17, 15) is 0 Å². The highest BCUT2D eigenvalue weighted by molar-refractivity contribution is 5.14. The first kappa shape index (κ1) is 14.5. The van der Waals surface area contributed by atoms with Crippen LogP contribution in [0.15, 0.2) is 30.3 Å². The lowest BCUT2D eigenvalue weighted by Gasteiger charge is -2.36. The van der Waals surface area contributed by atoms with E-state index in [1.54, 1.807) is 0 Å². The summed E-state index contributed by atoms with van der Waals surface area (Å²) in [5.41, 5.74) is 1.38. The molecule has 106 valence electrons. The van der Waals surface area contributed by atoms with Gasteiger partial charge >= 0.3 is 0 Å². The summed E-state index contributed by atoms with van der Waals surface area (Å²) in [5, 5.41) is 7.09. The van der Waals surface area contributed by atoms with Gasteiger partial charge < -0.3 is 15.4 Å². The first-order chi connectivity index (χ1) is 9.16. The first-order valence-corrected chi connectivity index (χ1v) is 7.28. The Labute approximate surface area is 116 Å². The molecule has 19 heavy (non-hydrogen) atoms. The number of benzene rings is 1. The Morgan fingerprint density at radius 2 is 2.00 bits per heavy atom. The SMILES string of the molecule is CC1(C)C[C@@H](NCCNCc2ccccc2)CCO1. The van der Waals surface area contributed by atoms with Gasteiger partial charge in [0.25, 0.3) is 0 Å². The average Bonchev–Trinajstić information content (AvgIpc) is 2.38. The molecule has 0 amide bonds. The molecule has 1 atom stereocenters. The van der Waals surface area contributed by atoms with Crippen molar-refractivity contribution in [3.05, 3.63) is 35.9 Å². The molecule has 0 radical (unpaired) electrons. The standard InChI is InChI=1S/C16H26N2O/c1-16(2)12-15(8-11-19-16)18-10-9-17-13-14-6-4-3-5-7-14/h3-7,15,17-18H,8-13H2,1-2H3/t15-/m0/s1. The minimum absolute atomic E-state index is 0.0351.